The summed E-state index contributed by atoms with van der Waals surface area (Å²) >= 11 is 0. The molecule has 0 rings (SSSR count). The third-order valence-electron chi connectivity index (χ3n) is 1.40. The summed E-state index contributed by atoms with van der Waals surface area (Å²) in [5, 5.41) is 9.01. The zero-order valence-corrected chi connectivity index (χ0v) is 7.38. The van der Waals surface area contributed by atoms with E-state index in [9.17, 15) is 0 Å². The van der Waals surface area contributed by atoms with Crippen LogP contribution in [-0.4, -0.2) is 24.4 Å². The van der Waals surface area contributed by atoms with Crippen LogP contribution in [-0.2, 0) is 9.78 Å². The lowest BCUT2D eigenvalue weighted by Crippen LogP contribution is -2.14. The summed E-state index contributed by atoms with van der Waals surface area (Å²) < 4.78 is 0. The molecular weight excluding hydrogens is 144 g/mol. The van der Waals surface area contributed by atoms with Gasteiger partial charge in [0.25, 0.3) is 0 Å². The lowest BCUT2D eigenvalue weighted by molar-refractivity contribution is -0.305. The fourth-order valence-electron chi connectivity index (χ4n) is 0.507. The maximum absolute atomic E-state index is 9.01. The summed E-state index contributed by atoms with van der Waals surface area (Å²) in [5.74, 6) is 0. The first-order valence-electron chi connectivity index (χ1n) is 4.23. The van der Waals surface area contributed by atoms with Crippen molar-refractivity contribution in [3.8, 4) is 0 Å². The van der Waals surface area contributed by atoms with Crippen LogP contribution in [0.4, 0.5) is 0 Å². The fraction of sp³-hybridized carbons (Fsp3) is 1.00. The third-order valence-corrected chi connectivity index (χ3v) is 1.40. The van der Waals surface area contributed by atoms with Gasteiger partial charge in [0, 0.05) is 0 Å². The number of aliphatic hydroxyl groups excluding tert-OH is 1. The Morgan fingerprint density at radius 3 is 2.55 bits per heavy atom. The standard InChI is InChI=1S/C8H18O3/c1-3-5-6-10-11-7-8(9)4-2/h8-9H,3-7H2,1-2H3. The molecule has 0 heterocycles. The molecule has 3 nitrogen and oxygen atoms in total. The quantitative estimate of drug-likeness (QED) is 0.350. The molecule has 11 heavy (non-hydrogen) atoms. The molecule has 0 aliphatic heterocycles. The molecule has 0 radical (unpaired) electrons. The van der Waals surface area contributed by atoms with Gasteiger partial charge in [-0.05, 0) is 12.8 Å². The first kappa shape index (κ1) is 10.9. The van der Waals surface area contributed by atoms with E-state index in [1.807, 2.05) is 6.92 Å². The molecule has 0 aliphatic carbocycles. The molecule has 0 amide bonds. The van der Waals surface area contributed by atoms with Crippen molar-refractivity contribution in [3.05, 3.63) is 0 Å². The van der Waals surface area contributed by atoms with Crippen molar-refractivity contribution in [1.29, 1.82) is 0 Å². The zero-order valence-electron chi connectivity index (χ0n) is 7.38. The molecule has 0 aromatic carbocycles. The Bertz CT molecular complexity index is 75.7. The van der Waals surface area contributed by atoms with Crippen molar-refractivity contribution in [2.24, 2.45) is 0 Å². The van der Waals surface area contributed by atoms with Gasteiger partial charge in [0.05, 0.1) is 12.7 Å². The predicted octanol–water partition coefficient (Wildman–Crippen LogP) is 1.51. The van der Waals surface area contributed by atoms with Crippen molar-refractivity contribution < 1.29 is 14.9 Å². The average molecular weight is 162 g/mol. The first-order valence-corrected chi connectivity index (χ1v) is 4.23. The Morgan fingerprint density at radius 1 is 1.27 bits per heavy atom. The third kappa shape index (κ3) is 7.78. The Kier molecular flexibility index (Phi) is 7.89. The van der Waals surface area contributed by atoms with Crippen LogP contribution < -0.4 is 0 Å². The van der Waals surface area contributed by atoms with Crippen molar-refractivity contribution in [2.75, 3.05) is 13.2 Å². The second-order valence-corrected chi connectivity index (χ2v) is 2.52. The highest BCUT2D eigenvalue weighted by atomic mass is 17.2. The van der Waals surface area contributed by atoms with E-state index in [0.717, 1.165) is 12.8 Å². The largest absolute Gasteiger partial charge is 0.391 e. The molecule has 0 spiro atoms. The number of hydrogen-bond donors (Lipinski definition) is 1. The highest BCUT2D eigenvalue weighted by Crippen LogP contribution is 1.93. The van der Waals surface area contributed by atoms with Gasteiger partial charge >= 0.3 is 0 Å². The van der Waals surface area contributed by atoms with Crippen molar-refractivity contribution in [1.82, 2.24) is 0 Å². The van der Waals surface area contributed by atoms with E-state index >= 15 is 0 Å². The fourth-order valence-corrected chi connectivity index (χ4v) is 0.507. The summed E-state index contributed by atoms with van der Waals surface area (Å²) in [7, 11) is 0. The number of unbranched alkanes of at least 4 members (excludes halogenated alkanes) is 1. The van der Waals surface area contributed by atoms with E-state index in [1.165, 1.54) is 0 Å². The van der Waals surface area contributed by atoms with Crippen LogP contribution in [0.5, 0.6) is 0 Å². The summed E-state index contributed by atoms with van der Waals surface area (Å²) in [5.41, 5.74) is 0. The van der Waals surface area contributed by atoms with E-state index in [1.54, 1.807) is 0 Å². The molecule has 0 fully saturated rings. The molecule has 0 aliphatic rings. The van der Waals surface area contributed by atoms with Crippen LogP contribution in [0, 0.1) is 0 Å². The molecule has 68 valence electrons. The maximum atomic E-state index is 9.01. The number of aliphatic hydroxyl groups is 1. The van der Waals surface area contributed by atoms with Gasteiger partial charge in [-0.15, -0.1) is 0 Å². The molecule has 0 aromatic heterocycles. The van der Waals surface area contributed by atoms with E-state index < -0.39 is 6.10 Å². The Hall–Kier alpha value is -0.120. The van der Waals surface area contributed by atoms with Gasteiger partial charge in [0.2, 0.25) is 0 Å². The average Bonchev–Trinajstić information content (AvgIpc) is 2.04. The van der Waals surface area contributed by atoms with Crippen LogP contribution in [0.15, 0.2) is 0 Å². The second kappa shape index (κ2) is 7.98. The molecule has 0 saturated heterocycles. The zero-order chi connectivity index (χ0) is 8.53. The van der Waals surface area contributed by atoms with Crippen LogP contribution in [0.2, 0.25) is 0 Å². The molecule has 0 bridgehead atoms. The lowest BCUT2D eigenvalue weighted by atomic mass is 10.3. The smallest absolute Gasteiger partial charge is 0.108 e. The molecule has 0 aromatic rings. The highest BCUT2D eigenvalue weighted by Gasteiger charge is 1.99. The summed E-state index contributed by atoms with van der Waals surface area (Å²) in [4.78, 5) is 9.52. The minimum Gasteiger partial charge on any atom is -0.391 e. The number of rotatable bonds is 7. The molecule has 1 N–H and O–H groups in total. The summed E-state index contributed by atoms with van der Waals surface area (Å²) in [6, 6.07) is 0. The van der Waals surface area contributed by atoms with Gasteiger partial charge in [-0.25, -0.2) is 9.78 Å². The summed E-state index contributed by atoms with van der Waals surface area (Å²) in [6.45, 7) is 4.89. The maximum Gasteiger partial charge on any atom is 0.108 e. The monoisotopic (exact) mass is 162 g/mol. The van der Waals surface area contributed by atoms with Crippen LogP contribution in [0.25, 0.3) is 0 Å². The first-order chi connectivity index (χ1) is 5.31. The van der Waals surface area contributed by atoms with E-state index in [0.29, 0.717) is 13.0 Å². The Morgan fingerprint density at radius 2 is 2.00 bits per heavy atom. The van der Waals surface area contributed by atoms with Crippen LogP contribution >= 0.6 is 0 Å². The second-order valence-electron chi connectivity index (χ2n) is 2.52. The highest BCUT2D eigenvalue weighted by molar-refractivity contribution is 4.45. The molecule has 1 unspecified atom stereocenters. The minimum absolute atomic E-state index is 0.278. The Labute approximate surface area is 68.2 Å². The van der Waals surface area contributed by atoms with Crippen molar-refractivity contribution >= 4 is 0 Å². The minimum atomic E-state index is -0.392. The van der Waals surface area contributed by atoms with Crippen molar-refractivity contribution in [3.63, 3.8) is 0 Å². The molecule has 3 heteroatoms. The topological polar surface area (TPSA) is 38.7 Å². The van der Waals surface area contributed by atoms with Gasteiger partial charge < -0.3 is 5.11 Å². The van der Waals surface area contributed by atoms with Gasteiger partial charge in [0.1, 0.15) is 6.61 Å². The van der Waals surface area contributed by atoms with Crippen molar-refractivity contribution in [2.45, 2.75) is 39.2 Å². The molecule has 1 atom stereocenters. The summed E-state index contributed by atoms with van der Waals surface area (Å²) in [6.07, 6.45) is 2.41. The molecular formula is C8H18O3. The normalized spacial score (nSPS) is 13.4. The van der Waals surface area contributed by atoms with Gasteiger partial charge in [-0.3, -0.25) is 0 Å². The van der Waals surface area contributed by atoms with Gasteiger partial charge in [0.15, 0.2) is 0 Å². The Balaban J connectivity index is 2.89. The number of hydrogen-bond acceptors (Lipinski definition) is 3. The van der Waals surface area contributed by atoms with Gasteiger partial charge in [-0.1, -0.05) is 20.3 Å². The van der Waals surface area contributed by atoms with E-state index in [4.69, 9.17) is 14.9 Å². The van der Waals surface area contributed by atoms with E-state index in [-0.39, 0.29) is 6.61 Å². The lowest BCUT2D eigenvalue weighted by Gasteiger charge is -2.06. The predicted molar refractivity (Wildman–Crippen MR) is 43.1 cm³/mol. The molecule has 0 saturated carbocycles. The SMILES string of the molecule is CCCCOOCC(O)CC. The van der Waals surface area contributed by atoms with Crippen LogP contribution in [0.3, 0.4) is 0 Å². The van der Waals surface area contributed by atoms with E-state index in [2.05, 4.69) is 6.92 Å². The van der Waals surface area contributed by atoms with Gasteiger partial charge in [-0.2, -0.15) is 0 Å². The van der Waals surface area contributed by atoms with Crippen LogP contribution in [0.1, 0.15) is 33.1 Å².